The van der Waals surface area contributed by atoms with Crippen molar-refractivity contribution < 1.29 is 4.42 Å². The minimum Gasteiger partial charge on any atom is -0.436 e. The average Bonchev–Trinajstić information content (AvgIpc) is 3.11. The second-order valence-corrected chi connectivity index (χ2v) is 6.16. The molecule has 0 saturated heterocycles. The number of allylic oxidation sites excluding steroid dienone is 1. The summed E-state index contributed by atoms with van der Waals surface area (Å²) >= 11 is 5.87. The zero-order valence-electron chi connectivity index (χ0n) is 13.8. The molecule has 1 aromatic heterocycles. The lowest BCUT2D eigenvalue weighted by Crippen LogP contribution is -1.76. The van der Waals surface area contributed by atoms with Crippen LogP contribution in [0.5, 0.6) is 0 Å². The SMILES string of the molecule is Clc1ccc(C=CC=Nc2ccc(-c3nc4ccccc4o3)cc2)cc1. The smallest absolute Gasteiger partial charge is 0.227 e. The number of aliphatic imine (C=N–C) groups is 1. The van der Waals surface area contributed by atoms with Crippen molar-refractivity contribution in [3.8, 4) is 11.5 Å². The standard InChI is InChI=1S/C22H15ClN2O/c23-18-11-7-16(8-12-18)4-3-15-24-19-13-9-17(10-14-19)22-25-20-5-1-2-6-21(20)26-22/h1-15H. The highest BCUT2D eigenvalue weighted by Gasteiger charge is 2.07. The van der Waals surface area contributed by atoms with E-state index in [1.807, 2.05) is 84.9 Å². The molecule has 3 nitrogen and oxygen atoms in total. The van der Waals surface area contributed by atoms with Gasteiger partial charge in [0, 0.05) is 16.8 Å². The minimum atomic E-state index is 0.615. The van der Waals surface area contributed by atoms with Crippen LogP contribution in [-0.2, 0) is 0 Å². The molecule has 0 radical (unpaired) electrons. The Labute approximate surface area is 156 Å². The van der Waals surface area contributed by atoms with E-state index in [0.717, 1.165) is 32.9 Å². The summed E-state index contributed by atoms with van der Waals surface area (Å²) in [6.07, 6.45) is 5.65. The van der Waals surface area contributed by atoms with Gasteiger partial charge in [0.1, 0.15) is 5.52 Å². The Balaban J connectivity index is 1.46. The summed E-state index contributed by atoms with van der Waals surface area (Å²) < 4.78 is 5.78. The molecular weight excluding hydrogens is 344 g/mol. The number of oxazole rings is 1. The van der Waals surface area contributed by atoms with Crippen LogP contribution in [0.4, 0.5) is 5.69 Å². The second-order valence-electron chi connectivity index (χ2n) is 5.72. The van der Waals surface area contributed by atoms with Gasteiger partial charge in [-0.15, -0.1) is 0 Å². The van der Waals surface area contributed by atoms with Gasteiger partial charge in [-0.05, 0) is 60.2 Å². The Morgan fingerprint density at radius 3 is 2.42 bits per heavy atom. The number of aromatic nitrogens is 1. The fraction of sp³-hybridized carbons (Fsp3) is 0. The zero-order chi connectivity index (χ0) is 17.8. The van der Waals surface area contributed by atoms with Crippen molar-refractivity contribution in [1.29, 1.82) is 0 Å². The van der Waals surface area contributed by atoms with Crippen LogP contribution >= 0.6 is 11.6 Å². The Morgan fingerprint density at radius 1 is 0.885 bits per heavy atom. The predicted octanol–water partition coefficient (Wildman–Crippen LogP) is 6.56. The third-order valence-electron chi connectivity index (χ3n) is 3.88. The molecule has 1 heterocycles. The van der Waals surface area contributed by atoms with Gasteiger partial charge in [-0.1, -0.05) is 41.9 Å². The second kappa shape index (κ2) is 7.38. The fourth-order valence-corrected chi connectivity index (χ4v) is 2.67. The average molecular weight is 359 g/mol. The Bertz CT molecular complexity index is 1040. The molecule has 0 N–H and O–H groups in total. The summed E-state index contributed by atoms with van der Waals surface area (Å²) in [5, 5.41) is 0.731. The zero-order valence-corrected chi connectivity index (χ0v) is 14.6. The first-order chi connectivity index (χ1) is 12.8. The van der Waals surface area contributed by atoms with Crippen LogP contribution in [0.2, 0.25) is 5.02 Å². The summed E-state index contributed by atoms with van der Waals surface area (Å²) in [5.74, 6) is 0.615. The summed E-state index contributed by atoms with van der Waals surface area (Å²) in [6, 6.07) is 23.2. The van der Waals surface area contributed by atoms with Gasteiger partial charge in [-0.2, -0.15) is 0 Å². The topological polar surface area (TPSA) is 38.4 Å². The van der Waals surface area contributed by atoms with Crippen molar-refractivity contribution in [1.82, 2.24) is 4.98 Å². The molecule has 0 spiro atoms. The monoisotopic (exact) mass is 358 g/mol. The van der Waals surface area contributed by atoms with Crippen LogP contribution in [0, 0.1) is 0 Å². The molecule has 26 heavy (non-hydrogen) atoms. The number of benzene rings is 3. The molecule has 0 aliphatic carbocycles. The number of hydrogen-bond donors (Lipinski definition) is 0. The summed E-state index contributed by atoms with van der Waals surface area (Å²) in [7, 11) is 0. The van der Waals surface area contributed by atoms with Crippen LogP contribution in [0.1, 0.15) is 5.56 Å². The van der Waals surface area contributed by atoms with E-state index in [0.29, 0.717) is 5.89 Å². The lowest BCUT2D eigenvalue weighted by atomic mass is 10.2. The van der Waals surface area contributed by atoms with E-state index in [1.165, 1.54) is 0 Å². The highest BCUT2D eigenvalue weighted by atomic mass is 35.5. The normalized spacial score (nSPS) is 11.7. The molecule has 4 heteroatoms. The number of para-hydroxylation sites is 2. The van der Waals surface area contributed by atoms with E-state index in [2.05, 4.69) is 9.98 Å². The quantitative estimate of drug-likeness (QED) is 0.387. The van der Waals surface area contributed by atoms with Gasteiger partial charge in [0.15, 0.2) is 5.58 Å². The van der Waals surface area contributed by atoms with E-state index in [4.69, 9.17) is 16.0 Å². The van der Waals surface area contributed by atoms with Gasteiger partial charge in [-0.25, -0.2) is 4.98 Å². The molecule has 0 atom stereocenters. The summed E-state index contributed by atoms with van der Waals surface area (Å²) in [6.45, 7) is 0. The lowest BCUT2D eigenvalue weighted by molar-refractivity contribution is 0.620. The number of halogens is 1. The van der Waals surface area contributed by atoms with Crippen molar-refractivity contribution in [2.24, 2.45) is 4.99 Å². The largest absolute Gasteiger partial charge is 0.436 e. The lowest BCUT2D eigenvalue weighted by Gasteiger charge is -1.96. The third kappa shape index (κ3) is 3.73. The summed E-state index contributed by atoms with van der Waals surface area (Å²) in [4.78, 5) is 8.93. The van der Waals surface area contributed by atoms with Crippen molar-refractivity contribution in [2.75, 3.05) is 0 Å². The van der Waals surface area contributed by atoms with Crippen LogP contribution < -0.4 is 0 Å². The molecule has 0 saturated carbocycles. The maximum absolute atomic E-state index is 5.87. The molecule has 0 fully saturated rings. The van der Waals surface area contributed by atoms with Gasteiger partial charge in [0.25, 0.3) is 0 Å². The maximum atomic E-state index is 5.87. The van der Waals surface area contributed by atoms with Crippen LogP contribution in [-0.4, -0.2) is 11.2 Å². The predicted molar refractivity (Wildman–Crippen MR) is 108 cm³/mol. The first kappa shape index (κ1) is 16.3. The number of fused-ring (bicyclic) bond motifs is 1. The van der Waals surface area contributed by atoms with Crippen molar-refractivity contribution >= 4 is 40.7 Å². The van der Waals surface area contributed by atoms with E-state index in [1.54, 1.807) is 6.21 Å². The summed E-state index contributed by atoms with van der Waals surface area (Å²) in [5.41, 5.74) is 4.52. The van der Waals surface area contributed by atoms with Crippen molar-refractivity contribution in [3.63, 3.8) is 0 Å². The van der Waals surface area contributed by atoms with Gasteiger partial charge < -0.3 is 4.42 Å². The highest BCUT2D eigenvalue weighted by Crippen LogP contribution is 2.25. The van der Waals surface area contributed by atoms with Crippen LogP contribution in [0.3, 0.4) is 0 Å². The molecule has 0 aliphatic heterocycles. The highest BCUT2D eigenvalue weighted by molar-refractivity contribution is 6.30. The Kier molecular flexibility index (Phi) is 4.63. The van der Waals surface area contributed by atoms with Gasteiger partial charge in [-0.3, -0.25) is 4.99 Å². The minimum absolute atomic E-state index is 0.615. The molecule has 0 aliphatic rings. The number of nitrogens with zero attached hydrogens (tertiary/aromatic N) is 2. The van der Waals surface area contributed by atoms with E-state index < -0.39 is 0 Å². The van der Waals surface area contributed by atoms with E-state index in [-0.39, 0.29) is 0 Å². The Morgan fingerprint density at radius 2 is 1.65 bits per heavy atom. The molecule has 0 bridgehead atoms. The van der Waals surface area contributed by atoms with Crippen LogP contribution in [0.15, 0.2) is 88.3 Å². The number of rotatable bonds is 4. The van der Waals surface area contributed by atoms with Gasteiger partial charge >= 0.3 is 0 Å². The molecule has 0 amide bonds. The van der Waals surface area contributed by atoms with Crippen LogP contribution in [0.25, 0.3) is 28.6 Å². The van der Waals surface area contributed by atoms with E-state index in [9.17, 15) is 0 Å². The van der Waals surface area contributed by atoms with Gasteiger partial charge in [0.05, 0.1) is 5.69 Å². The van der Waals surface area contributed by atoms with Crippen molar-refractivity contribution in [2.45, 2.75) is 0 Å². The first-order valence-corrected chi connectivity index (χ1v) is 8.58. The molecule has 4 rings (SSSR count). The third-order valence-corrected chi connectivity index (χ3v) is 4.13. The Hall–Kier alpha value is -3.17. The maximum Gasteiger partial charge on any atom is 0.227 e. The first-order valence-electron chi connectivity index (χ1n) is 8.20. The fourth-order valence-electron chi connectivity index (χ4n) is 2.54. The van der Waals surface area contributed by atoms with Gasteiger partial charge in [0.2, 0.25) is 5.89 Å². The van der Waals surface area contributed by atoms with Crippen molar-refractivity contribution in [3.05, 3.63) is 89.5 Å². The molecule has 0 unspecified atom stereocenters. The molecular formula is C22H15ClN2O. The van der Waals surface area contributed by atoms with E-state index >= 15 is 0 Å². The molecule has 126 valence electrons. The molecule has 4 aromatic rings. The number of hydrogen-bond acceptors (Lipinski definition) is 3. The molecule has 3 aromatic carbocycles.